The Balaban J connectivity index is 2.16. The quantitative estimate of drug-likeness (QED) is 0.515. The van der Waals surface area contributed by atoms with E-state index in [2.05, 4.69) is 26.0 Å². The maximum Gasteiger partial charge on any atom is 0.0716 e. The van der Waals surface area contributed by atoms with E-state index in [-0.39, 0.29) is 0 Å². The molecular formula is C14H21ClO. The van der Waals surface area contributed by atoms with Crippen LogP contribution in [0, 0.1) is 11.8 Å². The van der Waals surface area contributed by atoms with Crippen molar-refractivity contribution in [1.82, 2.24) is 0 Å². The first-order chi connectivity index (χ1) is 7.74. The minimum atomic E-state index is 0.567. The van der Waals surface area contributed by atoms with Gasteiger partial charge in [0.25, 0.3) is 0 Å². The van der Waals surface area contributed by atoms with E-state index in [4.69, 9.17) is 16.3 Å². The zero-order valence-electron chi connectivity index (χ0n) is 10.2. The van der Waals surface area contributed by atoms with Gasteiger partial charge in [0.15, 0.2) is 0 Å². The van der Waals surface area contributed by atoms with Crippen LogP contribution in [0.5, 0.6) is 0 Å². The van der Waals surface area contributed by atoms with Gasteiger partial charge in [-0.05, 0) is 23.8 Å². The van der Waals surface area contributed by atoms with Crippen molar-refractivity contribution < 1.29 is 4.74 Å². The van der Waals surface area contributed by atoms with Gasteiger partial charge in [-0.3, -0.25) is 0 Å². The number of rotatable bonds is 7. The molecule has 1 aromatic carbocycles. The van der Waals surface area contributed by atoms with E-state index < -0.39 is 0 Å². The lowest BCUT2D eigenvalue weighted by molar-refractivity contribution is 0.104. The summed E-state index contributed by atoms with van der Waals surface area (Å²) in [6, 6.07) is 10.3. The highest BCUT2D eigenvalue weighted by Gasteiger charge is 2.11. The number of hydrogen-bond donors (Lipinski definition) is 0. The van der Waals surface area contributed by atoms with Crippen LogP contribution in [-0.2, 0) is 11.3 Å². The first-order valence-electron chi connectivity index (χ1n) is 5.91. The molecule has 2 heteroatoms. The van der Waals surface area contributed by atoms with Crippen molar-refractivity contribution in [2.75, 3.05) is 12.5 Å². The Bertz CT molecular complexity index is 271. The maximum atomic E-state index is 5.90. The predicted octanol–water partition coefficient (Wildman–Crippen LogP) is 4.10. The van der Waals surface area contributed by atoms with Crippen molar-refractivity contribution in [1.29, 1.82) is 0 Å². The molecule has 0 saturated heterocycles. The zero-order chi connectivity index (χ0) is 11.8. The smallest absolute Gasteiger partial charge is 0.0716 e. The second kappa shape index (κ2) is 7.70. The number of ether oxygens (including phenoxy) is 1. The Morgan fingerprint density at radius 1 is 1.19 bits per heavy atom. The van der Waals surface area contributed by atoms with Gasteiger partial charge in [-0.1, -0.05) is 44.2 Å². The Labute approximate surface area is 104 Å². The Morgan fingerprint density at radius 2 is 1.88 bits per heavy atom. The van der Waals surface area contributed by atoms with Crippen molar-refractivity contribution in [2.45, 2.75) is 26.9 Å². The summed E-state index contributed by atoms with van der Waals surface area (Å²) >= 11 is 5.90. The summed E-state index contributed by atoms with van der Waals surface area (Å²) in [5, 5.41) is 0. The fourth-order valence-electron chi connectivity index (χ4n) is 1.59. The van der Waals surface area contributed by atoms with E-state index in [1.807, 2.05) is 18.2 Å². The van der Waals surface area contributed by atoms with Gasteiger partial charge in [-0.2, -0.15) is 0 Å². The molecule has 0 aliphatic rings. The van der Waals surface area contributed by atoms with Crippen LogP contribution in [0.3, 0.4) is 0 Å². The summed E-state index contributed by atoms with van der Waals surface area (Å²) in [4.78, 5) is 0. The van der Waals surface area contributed by atoms with Gasteiger partial charge in [-0.15, -0.1) is 11.6 Å². The Kier molecular flexibility index (Phi) is 6.51. The van der Waals surface area contributed by atoms with E-state index in [0.29, 0.717) is 18.4 Å². The molecule has 0 aliphatic carbocycles. The fraction of sp³-hybridized carbons (Fsp3) is 0.571. The predicted molar refractivity (Wildman–Crippen MR) is 69.8 cm³/mol. The van der Waals surface area contributed by atoms with E-state index in [1.165, 1.54) is 5.56 Å². The molecular weight excluding hydrogens is 220 g/mol. The fourth-order valence-corrected chi connectivity index (χ4v) is 2.10. The van der Waals surface area contributed by atoms with Crippen molar-refractivity contribution in [3.63, 3.8) is 0 Å². The van der Waals surface area contributed by atoms with Gasteiger partial charge in [0.2, 0.25) is 0 Å². The molecule has 90 valence electrons. The Hall–Kier alpha value is -0.530. The average molecular weight is 241 g/mol. The summed E-state index contributed by atoms with van der Waals surface area (Å²) in [5.41, 5.74) is 1.23. The monoisotopic (exact) mass is 240 g/mol. The molecule has 0 aromatic heterocycles. The molecule has 1 nitrogen and oxygen atoms in total. The summed E-state index contributed by atoms with van der Waals surface area (Å²) in [5.74, 6) is 1.93. The lowest BCUT2D eigenvalue weighted by Gasteiger charge is -2.17. The second-order valence-electron chi connectivity index (χ2n) is 4.49. The van der Waals surface area contributed by atoms with Crippen molar-refractivity contribution in [3.05, 3.63) is 35.9 Å². The molecule has 1 atom stereocenters. The minimum Gasteiger partial charge on any atom is -0.377 e. The van der Waals surface area contributed by atoms with E-state index in [0.717, 1.165) is 18.9 Å². The summed E-state index contributed by atoms with van der Waals surface area (Å²) in [7, 11) is 0. The van der Waals surface area contributed by atoms with Crippen LogP contribution >= 0.6 is 11.6 Å². The van der Waals surface area contributed by atoms with Crippen LogP contribution in [0.25, 0.3) is 0 Å². The molecule has 0 bridgehead atoms. The van der Waals surface area contributed by atoms with Crippen LogP contribution < -0.4 is 0 Å². The highest BCUT2D eigenvalue weighted by atomic mass is 35.5. The molecule has 0 fully saturated rings. The molecule has 0 aliphatic heterocycles. The largest absolute Gasteiger partial charge is 0.377 e. The molecule has 0 saturated carbocycles. The topological polar surface area (TPSA) is 9.23 Å². The SMILES string of the molecule is CC(C)C(CCl)CCOCc1ccccc1. The van der Waals surface area contributed by atoms with Crippen LogP contribution in [0.4, 0.5) is 0 Å². The second-order valence-corrected chi connectivity index (χ2v) is 4.79. The van der Waals surface area contributed by atoms with Gasteiger partial charge in [0.05, 0.1) is 6.61 Å². The molecule has 0 N–H and O–H groups in total. The summed E-state index contributed by atoms with van der Waals surface area (Å²) < 4.78 is 5.64. The van der Waals surface area contributed by atoms with Crippen molar-refractivity contribution in [3.8, 4) is 0 Å². The molecule has 0 amide bonds. The lowest BCUT2D eigenvalue weighted by Crippen LogP contribution is -2.13. The number of benzene rings is 1. The highest BCUT2D eigenvalue weighted by molar-refractivity contribution is 6.18. The molecule has 16 heavy (non-hydrogen) atoms. The standard InChI is InChI=1S/C14H21ClO/c1-12(2)14(10-15)8-9-16-11-13-6-4-3-5-7-13/h3-7,12,14H,8-11H2,1-2H3. The van der Waals surface area contributed by atoms with Gasteiger partial charge < -0.3 is 4.74 Å². The van der Waals surface area contributed by atoms with Crippen molar-refractivity contribution >= 4 is 11.6 Å². The molecule has 1 unspecified atom stereocenters. The molecule has 0 heterocycles. The van der Waals surface area contributed by atoms with Gasteiger partial charge in [-0.25, -0.2) is 0 Å². The van der Waals surface area contributed by atoms with E-state index >= 15 is 0 Å². The molecule has 1 aromatic rings. The summed E-state index contributed by atoms with van der Waals surface area (Å²) in [6.07, 6.45) is 1.05. The first kappa shape index (κ1) is 13.5. The summed E-state index contributed by atoms with van der Waals surface area (Å²) in [6.45, 7) is 5.92. The van der Waals surface area contributed by atoms with Crippen LogP contribution in [0.1, 0.15) is 25.8 Å². The third-order valence-corrected chi connectivity index (χ3v) is 3.28. The van der Waals surface area contributed by atoms with Crippen LogP contribution in [0.15, 0.2) is 30.3 Å². The van der Waals surface area contributed by atoms with Crippen molar-refractivity contribution in [2.24, 2.45) is 11.8 Å². The highest BCUT2D eigenvalue weighted by Crippen LogP contribution is 2.17. The molecule has 0 spiro atoms. The normalized spacial score (nSPS) is 13.0. The van der Waals surface area contributed by atoms with Gasteiger partial charge in [0, 0.05) is 12.5 Å². The first-order valence-corrected chi connectivity index (χ1v) is 6.45. The maximum absolute atomic E-state index is 5.90. The van der Waals surface area contributed by atoms with Gasteiger partial charge >= 0.3 is 0 Å². The number of hydrogen-bond acceptors (Lipinski definition) is 1. The molecule has 1 rings (SSSR count). The third-order valence-electron chi connectivity index (χ3n) is 2.89. The number of halogens is 1. The zero-order valence-corrected chi connectivity index (χ0v) is 10.9. The minimum absolute atomic E-state index is 0.567. The Morgan fingerprint density at radius 3 is 2.44 bits per heavy atom. The van der Waals surface area contributed by atoms with Crippen LogP contribution in [0.2, 0.25) is 0 Å². The third kappa shape index (κ3) is 5.00. The van der Waals surface area contributed by atoms with Gasteiger partial charge in [0.1, 0.15) is 0 Å². The van der Waals surface area contributed by atoms with E-state index in [1.54, 1.807) is 0 Å². The average Bonchev–Trinajstić information content (AvgIpc) is 2.30. The lowest BCUT2D eigenvalue weighted by atomic mass is 9.95. The number of alkyl halides is 1. The van der Waals surface area contributed by atoms with Crippen LogP contribution in [-0.4, -0.2) is 12.5 Å². The van der Waals surface area contributed by atoms with E-state index in [9.17, 15) is 0 Å². The molecule has 0 radical (unpaired) electrons.